The second-order valence-electron chi connectivity index (χ2n) is 5.89. The van der Waals surface area contributed by atoms with E-state index in [2.05, 4.69) is 36.4 Å². The molecule has 0 amide bonds. The van der Waals surface area contributed by atoms with E-state index in [1.54, 1.807) is 0 Å². The van der Waals surface area contributed by atoms with Crippen molar-refractivity contribution in [1.29, 1.82) is 0 Å². The van der Waals surface area contributed by atoms with Crippen LogP contribution in [0.15, 0.2) is 66.7 Å². The molecule has 3 aromatic carbocycles. The van der Waals surface area contributed by atoms with Gasteiger partial charge in [-0.3, -0.25) is 0 Å². The number of hydrogen-bond donors (Lipinski definition) is 2. The van der Waals surface area contributed by atoms with Crippen molar-refractivity contribution in [3.8, 4) is 16.9 Å². The molecule has 0 saturated carbocycles. The highest BCUT2D eigenvalue weighted by Crippen LogP contribution is 2.34. The normalized spacial score (nSPS) is 12.1. The third-order valence-electron chi connectivity index (χ3n) is 4.21. The van der Waals surface area contributed by atoms with Crippen molar-refractivity contribution in [3.05, 3.63) is 89.0 Å². The minimum atomic E-state index is -0.000812. The van der Waals surface area contributed by atoms with Gasteiger partial charge in [0, 0.05) is 0 Å². The van der Waals surface area contributed by atoms with Gasteiger partial charge < -0.3 is 5.11 Å². The molecule has 0 saturated heterocycles. The maximum absolute atomic E-state index is 9.81. The van der Waals surface area contributed by atoms with Gasteiger partial charge in [-0.1, -0.05) is 60.7 Å². The lowest BCUT2D eigenvalue weighted by Crippen LogP contribution is -1.97. The molecule has 1 nitrogen and oxygen atoms in total. The quantitative estimate of drug-likeness (QED) is 0.594. The fourth-order valence-corrected chi connectivity index (χ4v) is 3.24. The van der Waals surface area contributed by atoms with E-state index in [1.165, 1.54) is 11.1 Å². The van der Waals surface area contributed by atoms with E-state index in [9.17, 15) is 5.11 Å². The average molecular weight is 320 g/mol. The van der Waals surface area contributed by atoms with Crippen LogP contribution in [0.4, 0.5) is 0 Å². The molecule has 1 unspecified atom stereocenters. The third-order valence-corrected chi connectivity index (χ3v) is 4.79. The van der Waals surface area contributed by atoms with E-state index in [1.807, 2.05) is 44.2 Å². The highest BCUT2D eigenvalue weighted by atomic mass is 32.1. The molecule has 0 aliphatic carbocycles. The van der Waals surface area contributed by atoms with Crippen molar-refractivity contribution < 1.29 is 5.11 Å². The van der Waals surface area contributed by atoms with Crippen molar-refractivity contribution in [1.82, 2.24) is 0 Å². The van der Waals surface area contributed by atoms with Crippen LogP contribution in [0.1, 0.15) is 27.5 Å². The summed E-state index contributed by atoms with van der Waals surface area (Å²) >= 11 is 4.80. The molecule has 0 aliphatic rings. The van der Waals surface area contributed by atoms with Crippen LogP contribution in [0.3, 0.4) is 0 Å². The molecule has 116 valence electrons. The molecule has 1 atom stereocenters. The summed E-state index contributed by atoms with van der Waals surface area (Å²) in [6.07, 6.45) is 0. The fraction of sp³-hybridized carbons (Fsp3) is 0.143. The standard InChI is InChI=1S/C21H20OS/c1-14-13-20(22)15(2)12-19(14)21(23)18-10-8-17(9-11-18)16-6-4-3-5-7-16/h3-13,21-23H,1-2H3. The molecule has 0 heterocycles. The highest BCUT2D eigenvalue weighted by Gasteiger charge is 2.14. The van der Waals surface area contributed by atoms with Crippen molar-refractivity contribution >= 4 is 12.6 Å². The first kappa shape index (κ1) is 15.7. The summed E-state index contributed by atoms with van der Waals surface area (Å²) in [4.78, 5) is 0. The topological polar surface area (TPSA) is 20.2 Å². The van der Waals surface area contributed by atoms with Crippen LogP contribution in [-0.2, 0) is 0 Å². The van der Waals surface area contributed by atoms with Gasteiger partial charge in [0.05, 0.1) is 5.25 Å². The molecule has 0 spiro atoms. The van der Waals surface area contributed by atoms with E-state index in [0.717, 1.165) is 22.3 Å². The molecule has 0 fully saturated rings. The van der Waals surface area contributed by atoms with Gasteiger partial charge in [0.2, 0.25) is 0 Å². The monoisotopic (exact) mass is 320 g/mol. The third kappa shape index (κ3) is 3.27. The number of aryl methyl sites for hydroxylation is 2. The Morgan fingerprint density at radius 1 is 0.783 bits per heavy atom. The molecule has 23 heavy (non-hydrogen) atoms. The lowest BCUT2D eigenvalue weighted by molar-refractivity contribution is 0.470. The van der Waals surface area contributed by atoms with Crippen molar-refractivity contribution in [2.45, 2.75) is 19.1 Å². The summed E-state index contributed by atoms with van der Waals surface area (Å²) in [6.45, 7) is 3.92. The first-order chi connectivity index (χ1) is 11.1. The molecule has 3 rings (SSSR count). The van der Waals surface area contributed by atoms with Gasteiger partial charge in [0.25, 0.3) is 0 Å². The van der Waals surface area contributed by atoms with Crippen LogP contribution < -0.4 is 0 Å². The number of thiol groups is 1. The minimum Gasteiger partial charge on any atom is -0.508 e. The summed E-state index contributed by atoms with van der Waals surface area (Å²) in [5, 5.41) is 9.81. The largest absolute Gasteiger partial charge is 0.508 e. The Balaban J connectivity index is 1.92. The number of phenols is 1. The zero-order valence-corrected chi connectivity index (χ0v) is 14.2. The Bertz CT molecular complexity index is 807. The van der Waals surface area contributed by atoms with Gasteiger partial charge in [0.15, 0.2) is 0 Å². The van der Waals surface area contributed by atoms with E-state index in [0.29, 0.717) is 5.75 Å². The lowest BCUT2D eigenvalue weighted by atomic mass is 9.96. The van der Waals surface area contributed by atoms with E-state index in [-0.39, 0.29) is 5.25 Å². The summed E-state index contributed by atoms with van der Waals surface area (Å²) in [5.74, 6) is 0.339. The highest BCUT2D eigenvalue weighted by molar-refractivity contribution is 7.80. The number of phenolic OH excluding ortho intramolecular Hbond substituents is 1. The Hall–Kier alpha value is -2.19. The zero-order chi connectivity index (χ0) is 16.4. The van der Waals surface area contributed by atoms with Crippen LogP contribution in [0.5, 0.6) is 5.75 Å². The van der Waals surface area contributed by atoms with Gasteiger partial charge in [-0.2, -0.15) is 12.6 Å². The zero-order valence-electron chi connectivity index (χ0n) is 13.3. The number of hydrogen-bond acceptors (Lipinski definition) is 2. The molecule has 0 aliphatic heterocycles. The van der Waals surface area contributed by atoms with E-state index >= 15 is 0 Å². The molecule has 3 aromatic rings. The summed E-state index contributed by atoms with van der Waals surface area (Å²) < 4.78 is 0. The maximum Gasteiger partial charge on any atom is 0.118 e. The van der Waals surface area contributed by atoms with E-state index in [4.69, 9.17) is 12.6 Å². The van der Waals surface area contributed by atoms with Gasteiger partial charge in [0.1, 0.15) is 5.75 Å². The second kappa shape index (κ2) is 6.51. The Kier molecular flexibility index (Phi) is 4.44. The molecular weight excluding hydrogens is 300 g/mol. The van der Waals surface area contributed by atoms with Gasteiger partial charge in [-0.25, -0.2) is 0 Å². The first-order valence-corrected chi connectivity index (χ1v) is 8.21. The first-order valence-electron chi connectivity index (χ1n) is 7.70. The fourth-order valence-electron chi connectivity index (χ4n) is 2.79. The molecule has 0 aromatic heterocycles. The Morgan fingerprint density at radius 2 is 1.39 bits per heavy atom. The van der Waals surface area contributed by atoms with Gasteiger partial charge in [-0.15, -0.1) is 0 Å². The van der Waals surface area contributed by atoms with Crippen LogP contribution >= 0.6 is 12.6 Å². The Morgan fingerprint density at radius 3 is 2.04 bits per heavy atom. The number of rotatable bonds is 3. The lowest BCUT2D eigenvalue weighted by Gasteiger charge is -2.16. The molecule has 0 bridgehead atoms. The van der Waals surface area contributed by atoms with E-state index < -0.39 is 0 Å². The molecular formula is C21H20OS. The van der Waals surface area contributed by atoms with Crippen molar-refractivity contribution in [2.75, 3.05) is 0 Å². The van der Waals surface area contributed by atoms with Crippen molar-refractivity contribution in [2.24, 2.45) is 0 Å². The van der Waals surface area contributed by atoms with Crippen LogP contribution in [0.25, 0.3) is 11.1 Å². The number of benzene rings is 3. The molecule has 2 heteroatoms. The maximum atomic E-state index is 9.81. The van der Waals surface area contributed by atoms with Gasteiger partial charge >= 0.3 is 0 Å². The minimum absolute atomic E-state index is 0.000812. The smallest absolute Gasteiger partial charge is 0.118 e. The predicted octanol–water partition coefficient (Wildman–Crippen LogP) is 5.70. The molecule has 0 radical (unpaired) electrons. The van der Waals surface area contributed by atoms with Crippen LogP contribution in [-0.4, -0.2) is 5.11 Å². The van der Waals surface area contributed by atoms with Crippen LogP contribution in [0.2, 0.25) is 0 Å². The van der Waals surface area contributed by atoms with Crippen molar-refractivity contribution in [3.63, 3.8) is 0 Å². The summed E-state index contributed by atoms with van der Waals surface area (Å²) in [5.41, 5.74) is 6.64. The summed E-state index contributed by atoms with van der Waals surface area (Å²) in [6, 6.07) is 22.7. The average Bonchev–Trinajstić information content (AvgIpc) is 2.58. The molecule has 1 N–H and O–H groups in total. The summed E-state index contributed by atoms with van der Waals surface area (Å²) in [7, 11) is 0. The van der Waals surface area contributed by atoms with Crippen LogP contribution in [0, 0.1) is 13.8 Å². The predicted molar refractivity (Wildman–Crippen MR) is 100 cm³/mol. The number of aromatic hydroxyl groups is 1. The second-order valence-corrected chi connectivity index (χ2v) is 6.40. The van der Waals surface area contributed by atoms with Gasteiger partial charge in [-0.05, 0) is 53.3 Å². The Labute approximate surface area is 143 Å². The SMILES string of the molecule is Cc1cc(C(S)c2ccc(-c3ccccc3)cc2)c(C)cc1O.